The number of aromatic nitrogens is 3. The fourth-order valence-electron chi connectivity index (χ4n) is 2.92. The van der Waals surface area contributed by atoms with Crippen molar-refractivity contribution in [2.75, 3.05) is 12.4 Å². The van der Waals surface area contributed by atoms with Gasteiger partial charge in [-0.1, -0.05) is 35.5 Å². The number of hydrogen-bond donors (Lipinski definition) is 0. The zero-order valence-electron chi connectivity index (χ0n) is 13.3. The predicted octanol–water partition coefficient (Wildman–Crippen LogP) is 2.60. The van der Waals surface area contributed by atoms with Crippen LogP contribution in [0.1, 0.15) is 31.0 Å². The summed E-state index contributed by atoms with van der Waals surface area (Å²) in [5.74, 6) is -0.0628. The number of benzene rings is 1. The average molecular weight is 333 g/mol. The van der Waals surface area contributed by atoms with E-state index < -0.39 is 0 Å². The molecule has 1 heterocycles. The first-order valence-electron chi connectivity index (χ1n) is 7.95. The summed E-state index contributed by atoms with van der Waals surface area (Å²) in [7, 11) is 0. The van der Waals surface area contributed by atoms with Gasteiger partial charge in [0.1, 0.15) is 11.6 Å². The van der Waals surface area contributed by atoms with E-state index in [1.165, 1.54) is 5.56 Å². The Balaban J connectivity index is 1.76. The summed E-state index contributed by atoms with van der Waals surface area (Å²) in [6.07, 6.45) is 4.09. The predicted molar refractivity (Wildman–Crippen MR) is 89.2 cm³/mol. The largest absolute Gasteiger partial charge is 0.335 e. The summed E-state index contributed by atoms with van der Waals surface area (Å²) in [4.78, 5) is 14.1. The van der Waals surface area contributed by atoms with Crippen molar-refractivity contribution in [3.05, 3.63) is 47.8 Å². The molecular weight excluding hydrogens is 312 g/mol. The van der Waals surface area contributed by atoms with Crippen LogP contribution in [0.3, 0.4) is 0 Å². The van der Waals surface area contributed by atoms with Crippen LogP contribution in [-0.2, 0) is 23.3 Å². The van der Waals surface area contributed by atoms with E-state index in [1.807, 2.05) is 24.1 Å². The van der Waals surface area contributed by atoms with Crippen molar-refractivity contribution in [2.45, 2.75) is 38.3 Å². The molecule has 2 aromatic rings. The molecule has 1 saturated carbocycles. The molecule has 0 spiro atoms. The number of aryl methyl sites for hydroxylation is 1. The second kappa shape index (κ2) is 6.71. The van der Waals surface area contributed by atoms with E-state index >= 15 is 0 Å². The number of halogens is 1. The van der Waals surface area contributed by atoms with Crippen molar-refractivity contribution in [2.24, 2.45) is 0 Å². The third-order valence-electron chi connectivity index (χ3n) is 4.46. The molecule has 6 heteroatoms. The molecule has 1 aliphatic carbocycles. The molecule has 0 radical (unpaired) electrons. The van der Waals surface area contributed by atoms with Crippen molar-refractivity contribution in [1.29, 1.82) is 0 Å². The molecule has 1 aliphatic rings. The van der Waals surface area contributed by atoms with Crippen molar-refractivity contribution >= 4 is 17.5 Å². The van der Waals surface area contributed by atoms with Crippen molar-refractivity contribution in [3.8, 4) is 0 Å². The van der Waals surface area contributed by atoms with Gasteiger partial charge in [-0.05, 0) is 25.3 Å². The van der Waals surface area contributed by atoms with Gasteiger partial charge in [0.15, 0.2) is 0 Å². The van der Waals surface area contributed by atoms with Gasteiger partial charge in [-0.15, -0.1) is 16.7 Å². The minimum Gasteiger partial charge on any atom is -0.335 e. The van der Waals surface area contributed by atoms with Crippen LogP contribution in [-0.4, -0.2) is 38.2 Å². The van der Waals surface area contributed by atoms with E-state index in [-0.39, 0.29) is 17.2 Å². The maximum absolute atomic E-state index is 12.3. The number of carbonyl (C=O) groups excluding carboxylic acids is 1. The van der Waals surface area contributed by atoms with E-state index in [0.29, 0.717) is 13.1 Å². The molecule has 0 bridgehead atoms. The highest BCUT2D eigenvalue weighted by atomic mass is 35.5. The molecule has 5 nitrogen and oxygen atoms in total. The summed E-state index contributed by atoms with van der Waals surface area (Å²) in [5.41, 5.74) is 2.17. The molecule has 0 unspecified atom stereocenters. The van der Waals surface area contributed by atoms with Crippen LogP contribution in [0.2, 0.25) is 0 Å². The van der Waals surface area contributed by atoms with Gasteiger partial charge < -0.3 is 4.90 Å². The first-order chi connectivity index (χ1) is 11.2. The first kappa shape index (κ1) is 16.0. The highest BCUT2D eigenvalue weighted by molar-refractivity contribution is 6.27. The van der Waals surface area contributed by atoms with E-state index in [1.54, 1.807) is 4.68 Å². The highest BCUT2D eigenvalue weighted by Crippen LogP contribution is 2.48. The second-order valence-electron chi connectivity index (χ2n) is 6.10. The molecule has 1 aromatic heterocycles. The third kappa shape index (κ3) is 3.55. The van der Waals surface area contributed by atoms with Gasteiger partial charge in [0.05, 0.1) is 12.7 Å². The van der Waals surface area contributed by atoms with Crippen LogP contribution >= 0.6 is 11.6 Å². The minimum atomic E-state index is -0.0556. The van der Waals surface area contributed by atoms with E-state index in [2.05, 4.69) is 34.6 Å². The number of hydrogen-bond acceptors (Lipinski definition) is 3. The van der Waals surface area contributed by atoms with Gasteiger partial charge in [-0.2, -0.15) is 0 Å². The third-order valence-corrected chi connectivity index (χ3v) is 4.69. The molecular formula is C17H21ClN4O. The zero-order valence-corrected chi connectivity index (χ0v) is 14.0. The Hall–Kier alpha value is -1.88. The van der Waals surface area contributed by atoms with Crippen LogP contribution < -0.4 is 0 Å². The molecule has 3 rings (SSSR count). The van der Waals surface area contributed by atoms with Gasteiger partial charge in [0.25, 0.3) is 0 Å². The summed E-state index contributed by atoms with van der Waals surface area (Å²) in [6.45, 7) is 3.92. The van der Waals surface area contributed by atoms with E-state index in [9.17, 15) is 4.79 Å². The maximum atomic E-state index is 12.3. The average Bonchev–Trinajstić information content (AvgIpc) is 3.24. The van der Waals surface area contributed by atoms with Gasteiger partial charge in [0, 0.05) is 18.5 Å². The maximum Gasteiger partial charge on any atom is 0.237 e. The lowest BCUT2D eigenvalue weighted by molar-refractivity contribution is -0.129. The molecule has 1 amide bonds. The number of rotatable bonds is 7. The molecule has 23 heavy (non-hydrogen) atoms. The Labute approximate surface area is 141 Å². The molecule has 0 N–H and O–H groups in total. The van der Waals surface area contributed by atoms with E-state index in [4.69, 9.17) is 11.6 Å². The molecule has 1 aromatic carbocycles. The van der Waals surface area contributed by atoms with Gasteiger partial charge in [-0.25, -0.2) is 0 Å². The first-order valence-corrected chi connectivity index (χ1v) is 8.48. The molecule has 0 saturated heterocycles. The lowest BCUT2D eigenvalue weighted by Gasteiger charge is -2.27. The highest BCUT2D eigenvalue weighted by Gasteiger charge is 2.46. The van der Waals surface area contributed by atoms with Crippen LogP contribution in [0.5, 0.6) is 0 Å². The Kier molecular flexibility index (Phi) is 4.66. The van der Waals surface area contributed by atoms with Crippen molar-refractivity contribution in [1.82, 2.24) is 19.9 Å². The second-order valence-corrected chi connectivity index (χ2v) is 6.36. The van der Waals surface area contributed by atoms with Crippen molar-refractivity contribution < 1.29 is 4.79 Å². The summed E-state index contributed by atoms with van der Waals surface area (Å²) in [5, 5.41) is 8.18. The molecule has 1 fully saturated rings. The summed E-state index contributed by atoms with van der Waals surface area (Å²) in [6, 6.07) is 10.4. The van der Waals surface area contributed by atoms with Gasteiger partial charge in [-0.3, -0.25) is 9.48 Å². The zero-order chi connectivity index (χ0) is 16.3. The Morgan fingerprint density at radius 3 is 2.65 bits per heavy atom. The Morgan fingerprint density at radius 1 is 1.35 bits per heavy atom. The number of nitrogens with zero attached hydrogens (tertiary/aromatic N) is 4. The fourth-order valence-corrected chi connectivity index (χ4v) is 3.09. The van der Waals surface area contributed by atoms with Crippen LogP contribution in [0.4, 0.5) is 0 Å². The molecule has 122 valence electrons. The minimum absolute atomic E-state index is 0.00716. The summed E-state index contributed by atoms with van der Waals surface area (Å²) < 4.78 is 1.77. The van der Waals surface area contributed by atoms with Gasteiger partial charge >= 0.3 is 0 Å². The number of alkyl halides is 1. The number of carbonyl (C=O) groups is 1. The van der Waals surface area contributed by atoms with Crippen LogP contribution in [0.15, 0.2) is 36.5 Å². The summed E-state index contributed by atoms with van der Waals surface area (Å²) >= 11 is 5.81. The SMILES string of the molecule is CCn1cc(CN(CC2(c3ccccc3)CC2)C(=O)CCl)nn1. The van der Waals surface area contributed by atoms with Crippen LogP contribution in [0.25, 0.3) is 0 Å². The van der Waals surface area contributed by atoms with Gasteiger partial charge in [0.2, 0.25) is 5.91 Å². The van der Waals surface area contributed by atoms with Crippen LogP contribution in [0, 0.1) is 0 Å². The topological polar surface area (TPSA) is 51.0 Å². The molecule has 0 aliphatic heterocycles. The monoisotopic (exact) mass is 332 g/mol. The molecule has 0 atom stereocenters. The Bertz CT molecular complexity index is 666. The standard InChI is InChI=1S/C17H21ClN4O/c1-2-22-12-15(19-20-22)11-21(16(23)10-18)13-17(8-9-17)14-6-4-3-5-7-14/h3-7,12H,2,8-11,13H2,1H3. The Morgan fingerprint density at radius 2 is 2.09 bits per heavy atom. The van der Waals surface area contributed by atoms with Crippen molar-refractivity contribution in [3.63, 3.8) is 0 Å². The number of amides is 1. The normalized spacial score (nSPS) is 15.4. The lowest BCUT2D eigenvalue weighted by atomic mass is 9.95. The smallest absolute Gasteiger partial charge is 0.237 e. The lowest BCUT2D eigenvalue weighted by Crippen LogP contribution is -2.38. The quantitative estimate of drug-likeness (QED) is 0.732. The van der Waals surface area contributed by atoms with E-state index in [0.717, 1.165) is 25.1 Å². The fraction of sp³-hybridized carbons (Fsp3) is 0.471.